The third-order valence-electron chi connectivity index (χ3n) is 4.54. The highest BCUT2D eigenvalue weighted by Crippen LogP contribution is 2.40. The minimum absolute atomic E-state index is 0.165. The number of hydrogen-bond donors (Lipinski definition) is 0. The lowest BCUT2D eigenvalue weighted by Crippen LogP contribution is -2.25. The van der Waals surface area contributed by atoms with Gasteiger partial charge in [-0.15, -0.1) is 0 Å². The lowest BCUT2D eigenvalue weighted by molar-refractivity contribution is 0.131. The zero-order valence-corrected chi connectivity index (χ0v) is 14.9. The summed E-state index contributed by atoms with van der Waals surface area (Å²) in [7, 11) is -3.58. The topological polar surface area (TPSA) is 46.6 Å². The van der Waals surface area contributed by atoms with Crippen molar-refractivity contribution in [3.05, 3.63) is 96.6 Å². The van der Waals surface area contributed by atoms with Crippen LogP contribution in [0.4, 0.5) is 5.69 Å². The molecule has 5 heteroatoms. The van der Waals surface area contributed by atoms with Crippen LogP contribution in [-0.2, 0) is 14.7 Å². The normalized spacial score (nSPS) is 20.2. The van der Waals surface area contributed by atoms with Crippen LogP contribution < -0.4 is 5.06 Å². The number of sulfone groups is 1. The van der Waals surface area contributed by atoms with Crippen molar-refractivity contribution in [3.8, 4) is 0 Å². The Morgan fingerprint density at radius 3 is 1.92 bits per heavy atom. The highest BCUT2D eigenvalue weighted by atomic mass is 32.2. The molecule has 132 valence electrons. The van der Waals surface area contributed by atoms with Crippen LogP contribution in [0.25, 0.3) is 0 Å². The van der Waals surface area contributed by atoms with E-state index in [1.165, 1.54) is 0 Å². The second kappa shape index (κ2) is 6.94. The fourth-order valence-electron chi connectivity index (χ4n) is 3.23. The van der Waals surface area contributed by atoms with Gasteiger partial charge in [0, 0.05) is 6.42 Å². The highest BCUT2D eigenvalue weighted by Gasteiger charge is 2.42. The summed E-state index contributed by atoms with van der Waals surface area (Å²) in [6.07, 6.45) is 0.371. The standard InChI is InChI=1S/C21H19NO3S/c23-26(24,19-14-8-3-9-15-19)21-16-20(17-10-4-1-5-11-17)22(25-21)18-12-6-2-7-13-18/h1-15,20-21H,16H2/t20-,21-/m0/s1. The van der Waals surface area contributed by atoms with Crippen LogP contribution in [0.5, 0.6) is 0 Å². The lowest BCUT2D eigenvalue weighted by atomic mass is 10.0. The van der Waals surface area contributed by atoms with Crippen molar-refractivity contribution in [2.75, 3.05) is 5.06 Å². The van der Waals surface area contributed by atoms with E-state index in [9.17, 15) is 8.42 Å². The minimum atomic E-state index is -3.58. The van der Waals surface area contributed by atoms with Crippen molar-refractivity contribution in [3.63, 3.8) is 0 Å². The number of benzene rings is 3. The first-order valence-corrected chi connectivity index (χ1v) is 10.1. The molecular weight excluding hydrogens is 346 g/mol. The summed E-state index contributed by atoms with van der Waals surface area (Å²) in [6.45, 7) is 0. The molecule has 0 N–H and O–H groups in total. The molecule has 0 saturated carbocycles. The van der Waals surface area contributed by atoms with Gasteiger partial charge in [-0.3, -0.25) is 4.84 Å². The van der Waals surface area contributed by atoms with E-state index in [0.29, 0.717) is 6.42 Å². The number of hydroxylamine groups is 1. The number of hydrogen-bond acceptors (Lipinski definition) is 4. The predicted molar refractivity (Wildman–Crippen MR) is 101 cm³/mol. The molecule has 0 aromatic heterocycles. The molecule has 1 fully saturated rings. The fourth-order valence-corrected chi connectivity index (χ4v) is 4.71. The maximum Gasteiger partial charge on any atom is 0.207 e. The summed E-state index contributed by atoms with van der Waals surface area (Å²) in [4.78, 5) is 6.26. The second-order valence-electron chi connectivity index (χ2n) is 6.22. The van der Waals surface area contributed by atoms with Crippen LogP contribution in [0, 0.1) is 0 Å². The molecular formula is C21H19NO3S. The summed E-state index contributed by atoms with van der Waals surface area (Å²) in [6, 6.07) is 27.8. The van der Waals surface area contributed by atoms with Gasteiger partial charge in [0.1, 0.15) is 0 Å². The molecule has 0 radical (unpaired) electrons. The van der Waals surface area contributed by atoms with Gasteiger partial charge in [-0.05, 0) is 29.8 Å². The predicted octanol–water partition coefficient (Wildman–Crippen LogP) is 4.37. The first kappa shape index (κ1) is 16.8. The van der Waals surface area contributed by atoms with Gasteiger partial charge in [-0.25, -0.2) is 13.5 Å². The number of nitrogens with zero attached hydrogens (tertiary/aromatic N) is 1. The fraction of sp³-hybridized carbons (Fsp3) is 0.143. The van der Waals surface area contributed by atoms with Gasteiger partial charge < -0.3 is 0 Å². The van der Waals surface area contributed by atoms with Crippen LogP contribution in [0.2, 0.25) is 0 Å². The zero-order valence-electron chi connectivity index (χ0n) is 14.1. The number of para-hydroxylation sites is 1. The Morgan fingerprint density at radius 1 is 0.769 bits per heavy atom. The third kappa shape index (κ3) is 3.11. The summed E-state index contributed by atoms with van der Waals surface area (Å²) in [5.74, 6) is 0. The first-order chi connectivity index (χ1) is 12.7. The third-order valence-corrected chi connectivity index (χ3v) is 6.44. The van der Waals surface area contributed by atoms with Crippen LogP contribution in [0.15, 0.2) is 95.9 Å². The van der Waals surface area contributed by atoms with Gasteiger partial charge in [-0.1, -0.05) is 66.7 Å². The average molecular weight is 365 g/mol. The molecule has 1 aliphatic heterocycles. The zero-order chi connectivity index (χ0) is 18.0. The van der Waals surface area contributed by atoms with Crippen LogP contribution >= 0.6 is 0 Å². The quantitative estimate of drug-likeness (QED) is 0.689. The van der Waals surface area contributed by atoms with Crippen LogP contribution in [0.1, 0.15) is 18.0 Å². The molecule has 0 bridgehead atoms. The number of rotatable bonds is 4. The maximum atomic E-state index is 13.0. The molecule has 1 saturated heterocycles. The van der Waals surface area contributed by atoms with Crippen molar-refractivity contribution < 1.29 is 13.3 Å². The molecule has 4 nitrogen and oxygen atoms in total. The Morgan fingerprint density at radius 2 is 1.31 bits per heavy atom. The first-order valence-electron chi connectivity index (χ1n) is 8.51. The largest absolute Gasteiger partial charge is 0.253 e. The molecule has 3 aromatic rings. The monoisotopic (exact) mass is 365 g/mol. The molecule has 4 rings (SSSR count). The Labute approximate surface area is 153 Å². The smallest absolute Gasteiger partial charge is 0.207 e. The summed E-state index contributed by atoms with van der Waals surface area (Å²) in [5, 5.41) is 1.72. The van der Waals surface area contributed by atoms with Gasteiger partial charge in [-0.2, -0.15) is 0 Å². The molecule has 3 aromatic carbocycles. The van der Waals surface area contributed by atoms with Crippen molar-refractivity contribution in [2.24, 2.45) is 0 Å². The van der Waals surface area contributed by atoms with Crippen molar-refractivity contribution in [1.82, 2.24) is 0 Å². The summed E-state index contributed by atoms with van der Waals surface area (Å²) in [5.41, 5.74) is 0.949. The van der Waals surface area contributed by atoms with Crippen LogP contribution in [0.3, 0.4) is 0 Å². The molecule has 1 heterocycles. The minimum Gasteiger partial charge on any atom is -0.253 e. The van der Waals surface area contributed by atoms with E-state index in [1.54, 1.807) is 35.4 Å². The van der Waals surface area contributed by atoms with E-state index in [-0.39, 0.29) is 10.9 Å². The SMILES string of the molecule is O=S(=O)(c1ccccc1)[C@H]1C[C@@H](c2ccccc2)N(c2ccccc2)O1. The molecule has 0 unspecified atom stereocenters. The number of anilines is 1. The van der Waals surface area contributed by atoms with Gasteiger partial charge in [0.2, 0.25) is 9.84 Å². The van der Waals surface area contributed by atoms with E-state index in [1.807, 2.05) is 60.7 Å². The van der Waals surface area contributed by atoms with E-state index < -0.39 is 15.3 Å². The van der Waals surface area contributed by atoms with Gasteiger partial charge in [0.15, 0.2) is 5.44 Å². The van der Waals surface area contributed by atoms with E-state index in [0.717, 1.165) is 11.3 Å². The molecule has 0 aliphatic carbocycles. The Bertz CT molecular complexity index is 912. The van der Waals surface area contributed by atoms with E-state index in [2.05, 4.69) is 0 Å². The van der Waals surface area contributed by atoms with Crippen molar-refractivity contribution in [2.45, 2.75) is 22.8 Å². The van der Waals surface area contributed by atoms with E-state index in [4.69, 9.17) is 4.84 Å². The Balaban J connectivity index is 1.72. The lowest BCUT2D eigenvalue weighted by Gasteiger charge is -2.24. The van der Waals surface area contributed by atoms with Gasteiger partial charge in [0.05, 0.1) is 16.6 Å². The Kier molecular flexibility index (Phi) is 4.49. The summed E-state index contributed by atoms with van der Waals surface area (Å²) < 4.78 is 26.1. The molecule has 2 atom stereocenters. The highest BCUT2D eigenvalue weighted by molar-refractivity contribution is 7.92. The van der Waals surface area contributed by atoms with Gasteiger partial charge >= 0.3 is 0 Å². The van der Waals surface area contributed by atoms with Crippen molar-refractivity contribution in [1.29, 1.82) is 0 Å². The summed E-state index contributed by atoms with van der Waals surface area (Å²) >= 11 is 0. The van der Waals surface area contributed by atoms with Crippen molar-refractivity contribution >= 4 is 15.5 Å². The molecule has 1 aliphatic rings. The molecule has 0 amide bonds. The second-order valence-corrected chi connectivity index (χ2v) is 8.30. The van der Waals surface area contributed by atoms with E-state index >= 15 is 0 Å². The average Bonchev–Trinajstić information content (AvgIpc) is 3.16. The van der Waals surface area contributed by atoms with Crippen LogP contribution in [-0.4, -0.2) is 13.9 Å². The van der Waals surface area contributed by atoms with Gasteiger partial charge in [0.25, 0.3) is 0 Å². The maximum absolute atomic E-state index is 13.0. The Hall–Kier alpha value is -2.63. The molecule has 26 heavy (non-hydrogen) atoms. The molecule has 0 spiro atoms.